The molecule has 2 amide bonds. The van der Waals surface area contributed by atoms with E-state index < -0.39 is 5.97 Å². The molecule has 0 heterocycles. The quantitative estimate of drug-likeness (QED) is 0.663. The maximum atomic E-state index is 12.0. The third kappa shape index (κ3) is 7.73. The van der Waals surface area contributed by atoms with Crippen molar-refractivity contribution in [3.63, 3.8) is 0 Å². The molecule has 0 saturated heterocycles. The van der Waals surface area contributed by atoms with Crippen molar-refractivity contribution in [3.8, 4) is 0 Å². The van der Waals surface area contributed by atoms with Crippen LogP contribution < -0.4 is 10.6 Å². The van der Waals surface area contributed by atoms with E-state index in [-0.39, 0.29) is 24.7 Å². The van der Waals surface area contributed by atoms with Crippen LogP contribution in [0.5, 0.6) is 0 Å². The summed E-state index contributed by atoms with van der Waals surface area (Å²) < 4.78 is 5.16. The molecule has 142 valence electrons. The number of carbonyl (C=O) groups excluding carboxylic acids is 3. The minimum absolute atomic E-state index is 0.0207. The fourth-order valence-electron chi connectivity index (χ4n) is 2.36. The molecular formula is C21H24N2O4. The molecule has 6 nitrogen and oxygen atoms in total. The van der Waals surface area contributed by atoms with E-state index in [0.717, 1.165) is 5.56 Å². The van der Waals surface area contributed by atoms with E-state index in [1.807, 2.05) is 30.3 Å². The topological polar surface area (TPSA) is 84.5 Å². The summed E-state index contributed by atoms with van der Waals surface area (Å²) in [5.41, 5.74) is 2.27. The fraction of sp³-hybridized carbons (Fsp3) is 0.286. The molecule has 0 saturated carbocycles. The minimum Gasteiger partial charge on any atom is -0.465 e. The van der Waals surface area contributed by atoms with Crippen LogP contribution in [-0.4, -0.2) is 24.4 Å². The van der Waals surface area contributed by atoms with Crippen LogP contribution in [0, 0.1) is 0 Å². The van der Waals surface area contributed by atoms with Crippen molar-refractivity contribution in [3.05, 3.63) is 60.2 Å². The van der Waals surface area contributed by atoms with Crippen molar-refractivity contribution >= 4 is 29.2 Å². The molecule has 0 bridgehead atoms. The Morgan fingerprint density at radius 3 is 2.19 bits per heavy atom. The van der Waals surface area contributed by atoms with Crippen LogP contribution in [0.1, 0.15) is 31.7 Å². The second kappa shape index (κ2) is 10.8. The maximum Gasteiger partial charge on any atom is 0.306 e. The van der Waals surface area contributed by atoms with Gasteiger partial charge in [0.15, 0.2) is 0 Å². The van der Waals surface area contributed by atoms with Gasteiger partial charge in [0, 0.05) is 30.6 Å². The van der Waals surface area contributed by atoms with Crippen molar-refractivity contribution in [1.29, 1.82) is 0 Å². The van der Waals surface area contributed by atoms with E-state index in [1.54, 1.807) is 31.2 Å². The van der Waals surface area contributed by atoms with Gasteiger partial charge < -0.3 is 15.4 Å². The molecule has 2 rings (SSSR count). The smallest absolute Gasteiger partial charge is 0.306 e. The van der Waals surface area contributed by atoms with Crippen LogP contribution in [0.4, 0.5) is 11.4 Å². The highest BCUT2D eigenvalue weighted by molar-refractivity contribution is 5.94. The van der Waals surface area contributed by atoms with Crippen LogP contribution in [0.25, 0.3) is 0 Å². The van der Waals surface area contributed by atoms with Gasteiger partial charge in [-0.1, -0.05) is 43.3 Å². The van der Waals surface area contributed by atoms with E-state index in [0.29, 0.717) is 30.8 Å². The Balaban J connectivity index is 1.70. The van der Waals surface area contributed by atoms with Crippen molar-refractivity contribution in [1.82, 2.24) is 0 Å². The Bertz CT molecular complexity index is 775. The van der Waals surface area contributed by atoms with Crippen molar-refractivity contribution in [2.24, 2.45) is 0 Å². The summed E-state index contributed by atoms with van der Waals surface area (Å²) in [4.78, 5) is 35.2. The highest BCUT2D eigenvalue weighted by Gasteiger charge is 2.09. The molecule has 0 aliphatic rings. The molecule has 0 aliphatic carbocycles. The molecule has 0 spiro atoms. The highest BCUT2D eigenvalue weighted by atomic mass is 16.5. The zero-order chi connectivity index (χ0) is 19.5. The third-order valence-electron chi connectivity index (χ3n) is 3.80. The van der Waals surface area contributed by atoms with Gasteiger partial charge in [-0.05, 0) is 23.8 Å². The summed E-state index contributed by atoms with van der Waals surface area (Å²) in [5, 5.41) is 5.44. The molecule has 0 aromatic heterocycles. The number of amides is 2. The Kier molecular flexibility index (Phi) is 8.03. The summed E-state index contributed by atoms with van der Waals surface area (Å²) in [6.45, 7) is 2.06. The number of nitrogens with one attached hydrogen (secondary N) is 2. The van der Waals surface area contributed by atoms with Gasteiger partial charge in [0.1, 0.15) is 0 Å². The average Bonchev–Trinajstić information content (AvgIpc) is 2.67. The van der Waals surface area contributed by atoms with Crippen molar-refractivity contribution in [2.75, 3.05) is 17.2 Å². The molecule has 27 heavy (non-hydrogen) atoms. The highest BCUT2D eigenvalue weighted by Crippen LogP contribution is 2.15. The zero-order valence-electron chi connectivity index (χ0n) is 15.4. The lowest BCUT2D eigenvalue weighted by Crippen LogP contribution is -2.15. The van der Waals surface area contributed by atoms with Gasteiger partial charge in [-0.3, -0.25) is 14.4 Å². The lowest BCUT2D eigenvalue weighted by atomic mass is 10.2. The van der Waals surface area contributed by atoms with Crippen LogP contribution in [0.3, 0.4) is 0 Å². The molecule has 0 fully saturated rings. The number of hydrogen-bond donors (Lipinski definition) is 2. The predicted molar refractivity (Wildman–Crippen MR) is 104 cm³/mol. The minimum atomic E-state index is -0.398. The lowest BCUT2D eigenvalue weighted by molar-refractivity contribution is -0.144. The van der Waals surface area contributed by atoms with E-state index in [1.165, 1.54) is 0 Å². The molecule has 2 aromatic carbocycles. The summed E-state index contributed by atoms with van der Waals surface area (Å²) in [6.07, 6.45) is 1.08. The Hall–Kier alpha value is -3.15. The first-order chi connectivity index (χ1) is 13.1. The number of esters is 1. The zero-order valence-corrected chi connectivity index (χ0v) is 15.4. The number of anilines is 2. The summed E-state index contributed by atoms with van der Waals surface area (Å²) in [7, 11) is 0. The number of ether oxygens (including phenoxy) is 1. The van der Waals surface area contributed by atoms with Gasteiger partial charge in [0.05, 0.1) is 13.0 Å². The normalized spacial score (nSPS) is 10.1. The van der Waals surface area contributed by atoms with Gasteiger partial charge >= 0.3 is 5.97 Å². The average molecular weight is 368 g/mol. The molecule has 0 unspecified atom stereocenters. The second-order valence-corrected chi connectivity index (χ2v) is 5.99. The van der Waals surface area contributed by atoms with Crippen LogP contribution in [0.2, 0.25) is 0 Å². The molecule has 6 heteroatoms. The number of benzene rings is 2. The lowest BCUT2D eigenvalue weighted by Gasteiger charge is -2.08. The largest absolute Gasteiger partial charge is 0.465 e. The maximum absolute atomic E-state index is 12.0. The molecular weight excluding hydrogens is 344 g/mol. The van der Waals surface area contributed by atoms with Crippen molar-refractivity contribution < 1.29 is 19.1 Å². The van der Waals surface area contributed by atoms with E-state index in [9.17, 15) is 14.4 Å². The number of rotatable bonds is 9. The summed E-state index contributed by atoms with van der Waals surface area (Å²) in [5.74, 6) is -0.782. The number of carbonyl (C=O) groups is 3. The van der Waals surface area contributed by atoms with Gasteiger partial charge in [-0.2, -0.15) is 0 Å². The predicted octanol–water partition coefficient (Wildman–Crippen LogP) is 3.54. The molecule has 0 radical (unpaired) electrons. The van der Waals surface area contributed by atoms with E-state index >= 15 is 0 Å². The standard InChI is InChI=1S/C21H24N2O4/c1-2-19(24)22-17-9-6-10-18(15-17)23-20(25)11-12-21(26)27-14-13-16-7-4-3-5-8-16/h3-10,15H,2,11-14H2,1H3,(H,22,24)(H,23,25). The number of hydrogen-bond acceptors (Lipinski definition) is 4. The third-order valence-corrected chi connectivity index (χ3v) is 3.80. The Labute approximate surface area is 158 Å². The van der Waals surface area contributed by atoms with Crippen molar-refractivity contribution in [2.45, 2.75) is 32.6 Å². The fourth-order valence-corrected chi connectivity index (χ4v) is 2.36. The van der Waals surface area contributed by atoms with E-state index in [2.05, 4.69) is 10.6 Å². The van der Waals surface area contributed by atoms with Crippen LogP contribution in [0.15, 0.2) is 54.6 Å². The first-order valence-corrected chi connectivity index (χ1v) is 8.96. The van der Waals surface area contributed by atoms with Crippen LogP contribution in [-0.2, 0) is 25.5 Å². The molecule has 2 N–H and O–H groups in total. The Morgan fingerprint density at radius 2 is 1.52 bits per heavy atom. The van der Waals surface area contributed by atoms with Gasteiger partial charge in [0.2, 0.25) is 11.8 Å². The van der Waals surface area contributed by atoms with Gasteiger partial charge in [-0.25, -0.2) is 0 Å². The van der Waals surface area contributed by atoms with Crippen LogP contribution >= 0.6 is 0 Å². The van der Waals surface area contributed by atoms with E-state index in [4.69, 9.17) is 4.74 Å². The SMILES string of the molecule is CCC(=O)Nc1cccc(NC(=O)CCC(=O)OCCc2ccccc2)c1. The molecule has 2 aromatic rings. The molecule has 0 atom stereocenters. The summed E-state index contributed by atoms with van der Waals surface area (Å²) >= 11 is 0. The summed E-state index contributed by atoms with van der Waals surface area (Å²) in [6, 6.07) is 16.6. The first-order valence-electron chi connectivity index (χ1n) is 8.96. The molecule has 0 aliphatic heterocycles. The first kappa shape index (κ1) is 20.2. The monoisotopic (exact) mass is 368 g/mol. The Morgan fingerprint density at radius 1 is 0.852 bits per heavy atom. The second-order valence-electron chi connectivity index (χ2n) is 5.99. The van der Waals surface area contributed by atoms with Gasteiger partial charge in [0.25, 0.3) is 0 Å². The van der Waals surface area contributed by atoms with Gasteiger partial charge in [-0.15, -0.1) is 0 Å².